The van der Waals surface area contributed by atoms with E-state index in [9.17, 15) is 9.59 Å². The van der Waals surface area contributed by atoms with Crippen LogP contribution in [-0.4, -0.2) is 36.3 Å². The van der Waals surface area contributed by atoms with Gasteiger partial charge in [0, 0.05) is 25.7 Å². The second-order valence-electron chi connectivity index (χ2n) is 4.96. The van der Waals surface area contributed by atoms with Gasteiger partial charge in [0.2, 0.25) is 11.8 Å². The molecular formula is C16H24N2O2. The molecule has 0 unspecified atom stereocenters. The fourth-order valence-electron chi connectivity index (χ4n) is 2.29. The Hall–Kier alpha value is -1.84. The summed E-state index contributed by atoms with van der Waals surface area (Å²) in [6.07, 6.45) is 0. The smallest absolute Gasteiger partial charge is 0.242 e. The first-order chi connectivity index (χ1) is 9.40. The van der Waals surface area contributed by atoms with Crippen LogP contribution in [0, 0.1) is 13.8 Å². The predicted octanol–water partition coefficient (Wildman–Crippen LogP) is 2.52. The van der Waals surface area contributed by atoms with Crippen LogP contribution in [0.4, 0.5) is 5.69 Å². The molecule has 0 fully saturated rings. The summed E-state index contributed by atoms with van der Waals surface area (Å²) < 4.78 is 0. The van der Waals surface area contributed by atoms with Gasteiger partial charge in [-0.1, -0.05) is 17.7 Å². The maximum Gasteiger partial charge on any atom is 0.242 e. The number of carbonyl (C=O) groups excluding carboxylic acids is 2. The van der Waals surface area contributed by atoms with Crippen LogP contribution in [0.2, 0.25) is 0 Å². The van der Waals surface area contributed by atoms with Crippen LogP contribution in [0.25, 0.3) is 0 Å². The van der Waals surface area contributed by atoms with Gasteiger partial charge in [0.1, 0.15) is 6.54 Å². The molecule has 0 spiro atoms. The summed E-state index contributed by atoms with van der Waals surface area (Å²) in [4.78, 5) is 27.4. The number of aryl methyl sites for hydroxylation is 2. The number of benzene rings is 1. The van der Waals surface area contributed by atoms with Gasteiger partial charge in [-0.05, 0) is 39.3 Å². The maximum absolute atomic E-state index is 12.2. The minimum absolute atomic E-state index is 0.0230. The number of rotatable bonds is 5. The van der Waals surface area contributed by atoms with E-state index >= 15 is 0 Å². The molecule has 1 aromatic carbocycles. The third-order valence-corrected chi connectivity index (χ3v) is 3.43. The molecule has 110 valence electrons. The van der Waals surface area contributed by atoms with E-state index < -0.39 is 0 Å². The highest BCUT2D eigenvalue weighted by Gasteiger charge is 2.20. The quantitative estimate of drug-likeness (QED) is 0.829. The summed E-state index contributed by atoms with van der Waals surface area (Å²) in [5.74, 6) is -0.136. The van der Waals surface area contributed by atoms with Crippen LogP contribution in [0.15, 0.2) is 18.2 Å². The first kappa shape index (κ1) is 16.2. The van der Waals surface area contributed by atoms with Crippen LogP contribution in [0.5, 0.6) is 0 Å². The van der Waals surface area contributed by atoms with Crippen molar-refractivity contribution < 1.29 is 9.59 Å². The van der Waals surface area contributed by atoms with Crippen molar-refractivity contribution in [3.63, 3.8) is 0 Å². The van der Waals surface area contributed by atoms with Gasteiger partial charge in [0.05, 0.1) is 0 Å². The lowest BCUT2D eigenvalue weighted by molar-refractivity contribution is -0.130. The zero-order valence-electron chi connectivity index (χ0n) is 13.1. The molecule has 0 bridgehead atoms. The van der Waals surface area contributed by atoms with Gasteiger partial charge in [0.25, 0.3) is 0 Å². The number of anilines is 1. The van der Waals surface area contributed by atoms with Crippen LogP contribution in [0.3, 0.4) is 0 Å². The first-order valence-corrected chi connectivity index (χ1v) is 7.03. The molecule has 4 nitrogen and oxygen atoms in total. The second kappa shape index (κ2) is 7.08. The van der Waals surface area contributed by atoms with Crippen molar-refractivity contribution in [3.8, 4) is 0 Å². The minimum atomic E-state index is -0.113. The highest BCUT2D eigenvalue weighted by atomic mass is 16.2. The van der Waals surface area contributed by atoms with Gasteiger partial charge >= 0.3 is 0 Å². The Bertz CT molecular complexity index is 493. The van der Waals surface area contributed by atoms with Crippen molar-refractivity contribution in [2.75, 3.05) is 24.5 Å². The Morgan fingerprint density at radius 3 is 2.15 bits per heavy atom. The monoisotopic (exact) mass is 276 g/mol. The van der Waals surface area contributed by atoms with Crippen LogP contribution in [0.1, 0.15) is 31.9 Å². The van der Waals surface area contributed by atoms with Crippen molar-refractivity contribution in [3.05, 3.63) is 29.3 Å². The molecule has 0 saturated carbocycles. The number of likely N-dealkylation sites (N-methyl/N-ethyl adjacent to an activating group) is 1. The van der Waals surface area contributed by atoms with E-state index in [2.05, 4.69) is 0 Å². The SMILES string of the molecule is CCN(CC)C(=O)CN(C(C)=O)c1ccc(C)cc1C. The third-order valence-electron chi connectivity index (χ3n) is 3.43. The lowest BCUT2D eigenvalue weighted by Crippen LogP contribution is -2.42. The van der Waals surface area contributed by atoms with E-state index in [-0.39, 0.29) is 18.4 Å². The Morgan fingerprint density at radius 1 is 1.10 bits per heavy atom. The highest BCUT2D eigenvalue weighted by Crippen LogP contribution is 2.21. The van der Waals surface area contributed by atoms with Gasteiger partial charge in [-0.25, -0.2) is 0 Å². The molecule has 0 saturated heterocycles. The summed E-state index contributed by atoms with van der Waals surface area (Å²) in [7, 11) is 0. The molecule has 4 heteroatoms. The standard InChI is InChI=1S/C16H24N2O2/c1-6-17(7-2)16(20)11-18(14(5)19)15-9-8-12(3)10-13(15)4/h8-10H,6-7,11H2,1-5H3. The normalized spacial score (nSPS) is 10.2. The molecule has 0 N–H and O–H groups in total. The summed E-state index contributed by atoms with van der Waals surface area (Å²) in [5.41, 5.74) is 2.96. The molecule has 0 aromatic heterocycles. The second-order valence-corrected chi connectivity index (χ2v) is 4.96. The van der Waals surface area contributed by atoms with Crippen molar-refractivity contribution in [1.29, 1.82) is 0 Å². The molecular weight excluding hydrogens is 252 g/mol. The summed E-state index contributed by atoms with van der Waals surface area (Å²) in [5, 5.41) is 0. The fraction of sp³-hybridized carbons (Fsp3) is 0.500. The molecule has 0 aliphatic heterocycles. The van der Waals surface area contributed by atoms with Crippen molar-refractivity contribution in [2.24, 2.45) is 0 Å². The zero-order chi connectivity index (χ0) is 15.3. The molecule has 2 amide bonds. The highest BCUT2D eigenvalue weighted by molar-refractivity contribution is 5.98. The predicted molar refractivity (Wildman–Crippen MR) is 81.9 cm³/mol. The molecule has 1 rings (SSSR count). The van der Waals surface area contributed by atoms with Crippen molar-refractivity contribution in [1.82, 2.24) is 4.90 Å². The van der Waals surface area contributed by atoms with Crippen LogP contribution >= 0.6 is 0 Å². The van der Waals surface area contributed by atoms with Gasteiger partial charge < -0.3 is 9.80 Å². The number of hydrogen-bond acceptors (Lipinski definition) is 2. The largest absolute Gasteiger partial charge is 0.342 e. The zero-order valence-corrected chi connectivity index (χ0v) is 13.1. The molecule has 20 heavy (non-hydrogen) atoms. The van der Waals surface area contributed by atoms with E-state index in [0.29, 0.717) is 13.1 Å². The average Bonchev–Trinajstić information content (AvgIpc) is 2.38. The van der Waals surface area contributed by atoms with E-state index in [1.165, 1.54) is 6.92 Å². The Balaban J connectivity index is 3.01. The fourth-order valence-corrected chi connectivity index (χ4v) is 2.29. The van der Waals surface area contributed by atoms with E-state index in [0.717, 1.165) is 16.8 Å². The van der Waals surface area contributed by atoms with E-state index in [1.54, 1.807) is 9.80 Å². The molecule has 1 aromatic rings. The maximum atomic E-state index is 12.2. The Kier molecular flexibility index (Phi) is 5.74. The van der Waals surface area contributed by atoms with Crippen LogP contribution in [-0.2, 0) is 9.59 Å². The lowest BCUT2D eigenvalue weighted by Gasteiger charge is -2.26. The number of hydrogen-bond donors (Lipinski definition) is 0. The molecule has 0 radical (unpaired) electrons. The summed E-state index contributed by atoms with van der Waals surface area (Å²) in [6.45, 7) is 10.8. The Morgan fingerprint density at radius 2 is 1.70 bits per heavy atom. The van der Waals surface area contributed by atoms with Crippen LogP contribution < -0.4 is 4.90 Å². The summed E-state index contributed by atoms with van der Waals surface area (Å²) >= 11 is 0. The number of nitrogens with zero attached hydrogens (tertiary/aromatic N) is 2. The Labute approximate surface area is 121 Å². The molecule has 0 atom stereocenters. The summed E-state index contributed by atoms with van der Waals surface area (Å²) in [6, 6.07) is 5.88. The molecule has 0 aliphatic carbocycles. The minimum Gasteiger partial charge on any atom is -0.342 e. The topological polar surface area (TPSA) is 40.6 Å². The van der Waals surface area contributed by atoms with Crippen molar-refractivity contribution >= 4 is 17.5 Å². The van der Waals surface area contributed by atoms with E-state index in [1.807, 2.05) is 45.9 Å². The third kappa shape index (κ3) is 3.83. The average molecular weight is 276 g/mol. The van der Waals surface area contributed by atoms with Crippen molar-refractivity contribution in [2.45, 2.75) is 34.6 Å². The van der Waals surface area contributed by atoms with E-state index in [4.69, 9.17) is 0 Å². The number of amides is 2. The van der Waals surface area contributed by atoms with Gasteiger partial charge in [-0.2, -0.15) is 0 Å². The van der Waals surface area contributed by atoms with Gasteiger partial charge in [0.15, 0.2) is 0 Å². The lowest BCUT2D eigenvalue weighted by atomic mass is 10.1. The molecule has 0 aliphatic rings. The van der Waals surface area contributed by atoms with Gasteiger partial charge in [-0.15, -0.1) is 0 Å². The number of carbonyl (C=O) groups is 2. The first-order valence-electron chi connectivity index (χ1n) is 7.03. The molecule has 0 heterocycles. The van der Waals surface area contributed by atoms with Gasteiger partial charge in [-0.3, -0.25) is 9.59 Å².